The van der Waals surface area contributed by atoms with Gasteiger partial charge in [0.05, 0.1) is 6.61 Å². The molecule has 0 N–H and O–H groups in total. The quantitative estimate of drug-likeness (QED) is 0.227. The number of fused-ring (bicyclic) bond motifs is 1. The number of hydrogen-bond donors (Lipinski definition) is 0. The Kier molecular flexibility index (Phi) is 6.94. The number of thioether (sulfide) groups is 1. The van der Waals surface area contributed by atoms with Gasteiger partial charge >= 0.3 is 11.6 Å². The van der Waals surface area contributed by atoms with Crippen LogP contribution in [0.15, 0.2) is 57.1 Å². The maximum Gasteiger partial charge on any atom is 0.337 e. The summed E-state index contributed by atoms with van der Waals surface area (Å²) in [5.41, 5.74) is 0.321. The lowest BCUT2D eigenvalue weighted by molar-refractivity contribution is -0.137. The smallest absolute Gasteiger partial charge is 0.337 e. The summed E-state index contributed by atoms with van der Waals surface area (Å²) in [6.07, 6.45) is 5.18. The van der Waals surface area contributed by atoms with E-state index in [0.717, 1.165) is 41.7 Å². The Morgan fingerprint density at radius 2 is 2.00 bits per heavy atom. The van der Waals surface area contributed by atoms with Crippen LogP contribution in [-0.4, -0.2) is 18.3 Å². The van der Waals surface area contributed by atoms with Crippen LogP contribution in [0.2, 0.25) is 0 Å². The van der Waals surface area contributed by atoms with E-state index in [0.29, 0.717) is 12.2 Å². The highest BCUT2D eigenvalue weighted by atomic mass is 32.2. The van der Waals surface area contributed by atoms with E-state index in [9.17, 15) is 9.59 Å². The van der Waals surface area contributed by atoms with E-state index in [4.69, 9.17) is 9.15 Å². The zero-order valence-corrected chi connectivity index (χ0v) is 13.8. The molecule has 1 aromatic carbocycles. The SMILES string of the molecule is C=CC(=O)OCCCCCCSc1cc(=O)oc2ccccc12. The Labute approximate surface area is 139 Å². The molecule has 0 radical (unpaired) electrons. The minimum atomic E-state index is -0.365. The average molecular weight is 332 g/mol. The normalized spacial score (nSPS) is 10.6. The van der Waals surface area contributed by atoms with Crippen molar-refractivity contribution in [3.63, 3.8) is 0 Å². The molecule has 23 heavy (non-hydrogen) atoms. The van der Waals surface area contributed by atoms with Crippen molar-refractivity contribution in [1.29, 1.82) is 0 Å². The molecular weight excluding hydrogens is 312 g/mol. The molecule has 1 heterocycles. The molecule has 0 spiro atoms. The summed E-state index contributed by atoms with van der Waals surface area (Å²) in [5, 5.41) is 0.980. The van der Waals surface area contributed by atoms with Crippen LogP contribution in [-0.2, 0) is 9.53 Å². The molecule has 0 aliphatic heterocycles. The van der Waals surface area contributed by atoms with Gasteiger partial charge in [-0.1, -0.05) is 37.6 Å². The van der Waals surface area contributed by atoms with E-state index < -0.39 is 0 Å². The minimum Gasteiger partial charge on any atom is -0.463 e. The van der Waals surface area contributed by atoms with Gasteiger partial charge in [-0.25, -0.2) is 9.59 Å². The second-order valence-corrected chi connectivity index (χ2v) is 6.20. The van der Waals surface area contributed by atoms with E-state index >= 15 is 0 Å². The maximum absolute atomic E-state index is 11.6. The van der Waals surface area contributed by atoms with Crippen molar-refractivity contribution in [3.8, 4) is 0 Å². The first-order chi connectivity index (χ1) is 11.2. The van der Waals surface area contributed by atoms with E-state index in [1.54, 1.807) is 17.8 Å². The number of para-hydroxylation sites is 1. The molecule has 5 heteroatoms. The average Bonchev–Trinajstić information content (AvgIpc) is 2.56. The molecule has 2 aromatic rings. The summed E-state index contributed by atoms with van der Waals surface area (Å²) in [4.78, 5) is 23.4. The molecular formula is C18H20O4S. The number of esters is 1. The standard InChI is InChI=1S/C18H20O4S/c1-2-17(19)21-11-7-3-4-8-12-23-16-13-18(20)22-15-10-6-5-9-14(15)16/h2,5-6,9-10,13H,1,3-4,7-8,11-12H2. The molecule has 122 valence electrons. The molecule has 2 rings (SSSR count). The van der Waals surface area contributed by atoms with Gasteiger partial charge in [-0.05, 0) is 24.7 Å². The Hall–Kier alpha value is -2.01. The fourth-order valence-electron chi connectivity index (χ4n) is 2.17. The van der Waals surface area contributed by atoms with Gasteiger partial charge in [-0.2, -0.15) is 0 Å². The molecule has 0 atom stereocenters. The third kappa shape index (κ3) is 5.60. The second-order valence-electron chi connectivity index (χ2n) is 5.06. The number of benzene rings is 1. The van der Waals surface area contributed by atoms with Crippen LogP contribution >= 0.6 is 11.8 Å². The van der Waals surface area contributed by atoms with Crippen LogP contribution in [0.5, 0.6) is 0 Å². The Morgan fingerprint density at radius 1 is 1.22 bits per heavy atom. The van der Waals surface area contributed by atoms with Gasteiger partial charge < -0.3 is 9.15 Å². The molecule has 0 amide bonds. The lowest BCUT2D eigenvalue weighted by Gasteiger charge is -2.05. The molecule has 0 fully saturated rings. The largest absolute Gasteiger partial charge is 0.463 e. The fraction of sp³-hybridized carbons (Fsp3) is 0.333. The second kappa shape index (κ2) is 9.20. The predicted octanol–water partition coefficient (Wildman–Crippen LogP) is 4.17. The highest BCUT2D eigenvalue weighted by molar-refractivity contribution is 7.99. The monoisotopic (exact) mass is 332 g/mol. The summed E-state index contributed by atoms with van der Waals surface area (Å²) in [6, 6.07) is 9.14. The van der Waals surface area contributed by atoms with Crippen molar-refractivity contribution >= 4 is 28.7 Å². The molecule has 1 aromatic heterocycles. The van der Waals surface area contributed by atoms with Crippen molar-refractivity contribution in [2.45, 2.75) is 30.6 Å². The van der Waals surface area contributed by atoms with E-state index in [1.165, 1.54) is 6.08 Å². The lowest BCUT2D eigenvalue weighted by Crippen LogP contribution is -2.01. The van der Waals surface area contributed by atoms with Crippen LogP contribution in [0.3, 0.4) is 0 Å². The molecule has 0 unspecified atom stereocenters. The van der Waals surface area contributed by atoms with Crippen LogP contribution < -0.4 is 5.63 Å². The summed E-state index contributed by atoms with van der Waals surface area (Å²) in [6.45, 7) is 3.80. The molecule has 0 aliphatic carbocycles. The summed E-state index contributed by atoms with van der Waals surface area (Å²) in [7, 11) is 0. The number of ether oxygens (including phenoxy) is 1. The Morgan fingerprint density at radius 3 is 2.83 bits per heavy atom. The van der Waals surface area contributed by atoms with E-state index in [1.807, 2.05) is 24.3 Å². The highest BCUT2D eigenvalue weighted by Crippen LogP contribution is 2.27. The third-order valence-electron chi connectivity index (χ3n) is 3.32. The Bertz CT molecular complexity index is 720. The van der Waals surface area contributed by atoms with Crippen LogP contribution in [0.25, 0.3) is 11.0 Å². The first-order valence-corrected chi connectivity index (χ1v) is 8.64. The van der Waals surface area contributed by atoms with Gasteiger partial charge in [0.1, 0.15) is 5.58 Å². The lowest BCUT2D eigenvalue weighted by atomic mass is 10.2. The molecule has 0 bridgehead atoms. The summed E-state index contributed by atoms with van der Waals surface area (Å²) in [5.74, 6) is 0.579. The van der Waals surface area contributed by atoms with Gasteiger partial charge in [-0.3, -0.25) is 0 Å². The van der Waals surface area contributed by atoms with Crippen molar-refractivity contribution in [3.05, 3.63) is 53.4 Å². The number of unbranched alkanes of at least 4 members (excludes halogenated alkanes) is 3. The maximum atomic E-state index is 11.6. The number of hydrogen-bond acceptors (Lipinski definition) is 5. The van der Waals surface area contributed by atoms with Gasteiger partial charge in [-0.15, -0.1) is 11.8 Å². The van der Waals surface area contributed by atoms with Crippen molar-refractivity contribution in [1.82, 2.24) is 0 Å². The van der Waals surface area contributed by atoms with Crippen molar-refractivity contribution in [2.24, 2.45) is 0 Å². The zero-order chi connectivity index (χ0) is 16.5. The van der Waals surface area contributed by atoms with Gasteiger partial charge in [0.15, 0.2) is 0 Å². The molecule has 0 saturated heterocycles. The zero-order valence-electron chi connectivity index (χ0n) is 13.0. The van der Waals surface area contributed by atoms with Crippen LogP contribution in [0, 0.1) is 0 Å². The van der Waals surface area contributed by atoms with Gasteiger partial charge in [0.25, 0.3) is 0 Å². The first kappa shape index (κ1) is 17.3. The topological polar surface area (TPSA) is 56.5 Å². The summed E-state index contributed by atoms with van der Waals surface area (Å²) < 4.78 is 10.1. The third-order valence-corrected chi connectivity index (χ3v) is 4.46. The van der Waals surface area contributed by atoms with Crippen molar-refractivity contribution in [2.75, 3.05) is 12.4 Å². The fourth-order valence-corrected chi connectivity index (χ4v) is 3.24. The van der Waals surface area contributed by atoms with Crippen molar-refractivity contribution < 1.29 is 13.9 Å². The number of rotatable bonds is 9. The predicted molar refractivity (Wildman–Crippen MR) is 92.8 cm³/mol. The molecule has 0 aliphatic rings. The minimum absolute atomic E-state index is 0.310. The molecule has 4 nitrogen and oxygen atoms in total. The number of carbonyl (C=O) groups is 1. The number of carbonyl (C=O) groups excluding carboxylic acids is 1. The van der Waals surface area contributed by atoms with Gasteiger partial charge in [0.2, 0.25) is 0 Å². The summed E-state index contributed by atoms with van der Waals surface area (Å²) >= 11 is 1.68. The van der Waals surface area contributed by atoms with Crippen LogP contribution in [0.4, 0.5) is 0 Å². The molecule has 0 saturated carbocycles. The van der Waals surface area contributed by atoms with E-state index in [-0.39, 0.29) is 11.6 Å². The Balaban J connectivity index is 1.72. The van der Waals surface area contributed by atoms with Gasteiger partial charge in [0, 0.05) is 22.4 Å². The van der Waals surface area contributed by atoms with Crippen LogP contribution in [0.1, 0.15) is 25.7 Å². The van der Waals surface area contributed by atoms with E-state index in [2.05, 4.69) is 6.58 Å². The first-order valence-electron chi connectivity index (χ1n) is 7.65. The highest BCUT2D eigenvalue weighted by Gasteiger charge is 2.05.